The van der Waals surface area contributed by atoms with Gasteiger partial charge in [-0.15, -0.1) is 0 Å². The first-order valence-electron chi connectivity index (χ1n) is 9.71. The molecular weight excluding hydrogens is 385 g/mol. The van der Waals surface area contributed by atoms with Crippen molar-refractivity contribution in [3.05, 3.63) is 59.2 Å². The van der Waals surface area contributed by atoms with Crippen LogP contribution in [0.15, 0.2) is 36.7 Å². The van der Waals surface area contributed by atoms with Crippen molar-refractivity contribution in [2.24, 2.45) is 0 Å². The molecule has 1 aliphatic heterocycles. The molecule has 0 saturated heterocycles. The third kappa shape index (κ3) is 3.22. The van der Waals surface area contributed by atoms with Gasteiger partial charge in [0.15, 0.2) is 17.0 Å². The number of imidazole rings is 1. The fourth-order valence-electron chi connectivity index (χ4n) is 3.73. The van der Waals surface area contributed by atoms with Crippen LogP contribution < -0.4 is 15.8 Å². The van der Waals surface area contributed by atoms with Gasteiger partial charge in [0.1, 0.15) is 11.6 Å². The van der Waals surface area contributed by atoms with Crippen molar-refractivity contribution in [3.8, 4) is 17.4 Å². The van der Waals surface area contributed by atoms with Crippen LogP contribution in [0, 0.1) is 5.82 Å². The number of fused-ring (bicyclic) bond motifs is 2. The summed E-state index contributed by atoms with van der Waals surface area (Å²) in [7, 11) is 0. The van der Waals surface area contributed by atoms with Gasteiger partial charge in [-0.1, -0.05) is 18.2 Å². The maximum Gasteiger partial charge on any atom is 0.320 e. The molecule has 9 heteroatoms. The number of hydrogen-bond acceptors (Lipinski definition) is 7. The summed E-state index contributed by atoms with van der Waals surface area (Å²) in [5.41, 5.74) is 11.3. The molecule has 1 aromatic carbocycles. The summed E-state index contributed by atoms with van der Waals surface area (Å²) in [6.45, 7) is 4.47. The van der Waals surface area contributed by atoms with Gasteiger partial charge in [0.2, 0.25) is 0 Å². The molecule has 152 valence electrons. The Kier molecular flexibility index (Phi) is 4.51. The number of benzene rings is 1. The van der Waals surface area contributed by atoms with Crippen LogP contribution in [0.3, 0.4) is 0 Å². The average Bonchev–Trinajstić information content (AvgIpc) is 3.33. The number of anilines is 1. The largest absolute Gasteiger partial charge is 0.464 e. The lowest BCUT2D eigenvalue weighted by Gasteiger charge is -2.11. The molecule has 4 aromatic rings. The number of nitrogens with two attached hydrogens (primary N) is 1. The standard InChI is InChI=1S/C21H20FN7O/c1-2-30-21-27-18(23)17-20(28-21)29(19(26-17)15-6-16(22)10-25-9-15)11-12-3-4-13-7-24-8-14(13)5-12/h3-6,9-10,24H,2,7-8,11H2,1H3,(H2,23,27,28). The van der Waals surface area contributed by atoms with E-state index in [0.717, 1.165) is 24.8 Å². The van der Waals surface area contributed by atoms with E-state index in [9.17, 15) is 4.39 Å². The number of nitrogen functional groups attached to an aromatic ring is 1. The highest BCUT2D eigenvalue weighted by Crippen LogP contribution is 2.29. The summed E-state index contributed by atoms with van der Waals surface area (Å²) in [6.07, 6.45) is 2.73. The van der Waals surface area contributed by atoms with E-state index < -0.39 is 5.82 Å². The Bertz CT molecular complexity index is 1250. The second-order valence-electron chi connectivity index (χ2n) is 7.12. The lowest BCUT2D eigenvalue weighted by molar-refractivity contribution is 0.314. The molecule has 3 N–H and O–H groups in total. The van der Waals surface area contributed by atoms with Gasteiger partial charge in [-0.05, 0) is 29.7 Å². The minimum absolute atomic E-state index is 0.186. The first kappa shape index (κ1) is 18.4. The van der Waals surface area contributed by atoms with Gasteiger partial charge in [-0.25, -0.2) is 9.37 Å². The molecular formula is C21H20FN7O. The van der Waals surface area contributed by atoms with Crippen molar-refractivity contribution in [2.45, 2.75) is 26.6 Å². The van der Waals surface area contributed by atoms with Crippen LogP contribution in [0.5, 0.6) is 6.01 Å². The molecule has 0 bridgehead atoms. The van der Waals surface area contributed by atoms with Crippen LogP contribution in [-0.2, 0) is 19.6 Å². The molecule has 0 spiro atoms. The highest BCUT2D eigenvalue weighted by molar-refractivity contribution is 5.85. The van der Waals surface area contributed by atoms with E-state index in [1.165, 1.54) is 17.2 Å². The van der Waals surface area contributed by atoms with Crippen LogP contribution in [0.4, 0.5) is 10.2 Å². The van der Waals surface area contributed by atoms with Crippen molar-refractivity contribution in [1.82, 2.24) is 29.8 Å². The molecule has 0 saturated carbocycles. The number of pyridine rings is 1. The van der Waals surface area contributed by atoms with Crippen LogP contribution >= 0.6 is 0 Å². The average molecular weight is 405 g/mol. The normalized spacial score (nSPS) is 13.0. The van der Waals surface area contributed by atoms with E-state index in [2.05, 4.69) is 43.5 Å². The van der Waals surface area contributed by atoms with E-state index in [4.69, 9.17) is 10.5 Å². The number of rotatable bonds is 5. The Morgan fingerprint density at radius 3 is 2.83 bits per heavy atom. The SMILES string of the molecule is CCOc1nc(N)c2nc(-c3cncc(F)c3)n(Cc3ccc4c(c3)CNC4)c2n1. The number of hydrogen-bond donors (Lipinski definition) is 2. The predicted octanol–water partition coefficient (Wildman–Crippen LogP) is 2.66. The number of aromatic nitrogens is 5. The molecule has 30 heavy (non-hydrogen) atoms. The Labute approximate surface area is 172 Å². The first-order chi connectivity index (χ1) is 14.6. The Morgan fingerprint density at radius 1 is 1.13 bits per heavy atom. The second kappa shape index (κ2) is 7.34. The minimum Gasteiger partial charge on any atom is -0.464 e. The van der Waals surface area contributed by atoms with Gasteiger partial charge >= 0.3 is 6.01 Å². The fourth-order valence-corrected chi connectivity index (χ4v) is 3.73. The van der Waals surface area contributed by atoms with Crippen molar-refractivity contribution in [1.29, 1.82) is 0 Å². The zero-order chi connectivity index (χ0) is 20.7. The molecule has 5 rings (SSSR count). The maximum absolute atomic E-state index is 13.9. The summed E-state index contributed by atoms with van der Waals surface area (Å²) in [5.74, 6) is 0.292. The van der Waals surface area contributed by atoms with Gasteiger partial charge < -0.3 is 20.4 Å². The fraction of sp³-hybridized carbons (Fsp3) is 0.238. The zero-order valence-electron chi connectivity index (χ0n) is 16.4. The maximum atomic E-state index is 13.9. The monoisotopic (exact) mass is 405 g/mol. The highest BCUT2D eigenvalue weighted by atomic mass is 19.1. The molecule has 1 aliphatic rings. The van der Waals surface area contributed by atoms with Crippen molar-refractivity contribution < 1.29 is 9.13 Å². The molecule has 4 heterocycles. The third-order valence-corrected chi connectivity index (χ3v) is 5.08. The Hall–Kier alpha value is -3.59. The minimum atomic E-state index is -0.441. The molecule has 8 nitrogen and oxygen atoms in total. The third-order valence-electron chi connectivity index (χ3n) is 5.08. The summed E-state index contributed by atoms with van der Waals surface area (Å²) in [4.78, 5) is 17.3. The van der Waals surface area contributed by atoms with Gasteiger partial charge in [-0.3, -0.25) is 4.98 Å². The van der Waals surface area contributed by atoms with Crippen LogP contribution in [0.25, 0.3) is 22.6 Å². The van der Waals surface area contributed by atoms with Gasteiger partial charge in [0.05, 0.1) is 19.3 Å². The number of nitrogens with one attached hydrogen (secondary N) is 1. The summed E-state index contributed by atoms with van der Waals surface area (Å²) in [5, 5.41) is 3.35. The summed E-state index contributed by atoms with van der Waals surface area (Å²) < 4.78 is 21.3. The van der Waals surface area contributed by atoms with E-state index in [1.54, 1.807) is 6.20 Å². The molecule has 0 atom stereocenters. The van der Waals surface area contributed by atoms with Gasteiger partial charge in [0, 0.05) is 24.8 Å². The van der Waals surface area contributed by atoms with Crippen LogP contribution in [0.2, 0.25) is 0 Å². The summed E-state index contributed by atoms with van der Waals surface area (Å²) in [6, 6.07) is 7.96. The predicted molar refractivity (Wildman–Crippen MR) is 110 cm³/mol. The molecule has 0 fully saturated rings. The van der Waals surface area contributed by atoms with Crippen LogP contribution in [-0.4, -0.2) is 31.1 Å². The topological polar surface area (TPSA) is 104 Å². The first-order valence-corrected chi connectivity index (χ1v) is 9.71. The number of nitrogens with zero attached hydrogens (tertiary/aromatic N) is 5. The molecule has 0 amide bonds. The Morgan fingerprint density at radius 2 is 2.00 bits per heavy atom. The van der Waals surface area contributed by atoms with E-state index in [1.807, 2.05) is 11.5 Å². The molecule has 3 aromatic heterocycles. The highest BCUT2D eigenvalue weighted by Gasteiger charge is 2.20. The quantitative estimate of drug-likeness (QED) is 0.526. The molecule has 0 aliphatic carbocycles. The Balaban J connectivity index is 1.69. The van der Waals surface area contributed by atoms with Gasteiger partial charge in [-0.2, -0.15) is 9.97 Å². The van der Waals surface area contributed by atoms with E-state index in [-0.39, 0.29) is 11.8 Å². The zero-order valence-corrected chi connectivity index (χ0v) is 16.4. The van der Waals surface area contributed by atoms with Crippen molar-refractivity contribution in [3.63, 3.8) is 0 Å². The van der Waals surface area contributed by atoms with Crippen molar-refractivity contribution in [2.75, 3.05) is 12.3 Å². The number of halogens is 1. The van der Waals surface area contributed by atoms with Gasteiger partial charge in [0.25, 0.3) is 0 Å². The van der Waals surface area contributed by atoms with Crippen molar-refractivity contribution >= 4 is 17.0 Å². The van der Waals surface area contributed by atoms with E-state index in [0.29, 0.717) is 35.7 Å². The number of ether oxygens (including phenoxy) is 1. The lowest BCUT2D eigenvalue weighted by atomic mass is 10.1. The lowest BCUT2D eigenvalue weighted by Crippen LogP contribution is -2.06. The smallest absolute Gasteiger partial charge is 0.320 e. The molecule has 0 radical (unpaired) electrons. The van der Waals surface area contributed by atoms with E-state index >= 15 is 0 Å². The van der Waals surface area contributed by atoms with Crippen LogP contribution in [0.1, 0.15) is 23.6 Å². The second-order valence-corrected chi connectivity index (χ2v) is 7.12. The molecule has 0 unspecified atom stereocenters. The summed E-state index contributed by atoms with van der Waals surface area (Å²) >= 11 is 0.